The van der Waals surface area contributed by atoms with Crippen LogP contribution in [0.1, 0.15) is 27.7 Å². The fourth-order valence-electron chi connectivity index (χ4n) is 3.69. The number of nitrogens with one attached hydrogen (secondary N) is 1. The van der Waals surface area contributed by atoms with Gasteiger partial charge in [-0.15, -0.1) is 0 Å². The van der Waals surface area contributed by atoms with Crippen LogP contribution in [0.5, 0.6) is 0 Å². The first-order chi connectivity index (χ1) is 12.4. The van der Waals surface area contributed by atoms with Crippen LogP contribution in [-0.2, 0) is 0 Å². The number of anilines is 1. The van der Waals surface area contributed by atoms with E-state index in [4.69, 9.17) is 0 Å². The zero-order chi connectivity index (χ0) is 18.7. The summed E-state index contributed by atoms with van der Waals surface area (Å²) in [5, 5.41) is 5.33. The Morgan fingerprint density at radius 3 is 2.31 bits per heavy atom. The quantitative estimate of drug-likeness (QED) is 0.819. The van der Waals surface area contributed by atoms with Crippen molar-refractivity contribution in [2.45, 2.75) is 33.7 Å². The molecule has 1 fully saturated rings. The van der Waals surface area contributed by atoms with Gasteiger partial charge < -0.3 is 10.2 Å². The maximum atomic E-state index is 12.6. The molecule has 0 aliphatic carbocycles. The number of nitrogens with zero attached hydrogens (tertiary/aromatic N) is 2. The van der Waals surface area contributed by atoms with Crippen LogP contribution >= 0.6 is 0 Å². The van der Waals surface area contributed by atoms with Gasteiger partial charge in [-0.25, -0.2) is 4.79 Å². The molecule has 2 amide bonds. The molecule has 2 aromatic rings. The molecule has 1 aliphatic rings. The lowest BCUT2D eigenvalue weighted by Gasteiger charge is -2.46. The Hall–Kier alpha value is -2.07. The summed E-state index contributed by atoms with van der Waals surface area (Å²) in [7, 11) is 0. The molecule has 0 atom stereocenters. The second-order valence-corrected chi connectivity index (χ2v) is 8.26. The normalized spacial score (nSPS) is 15.1. The monoisotopic (exact) mass is 353 g/mol. The predicted molar refractivity (Wildman–Crippen MR) is 110 cm³/mol. The average molecular weight is 354 g/mol. The first-order valence-electron chi connectivity index (χ1n) is 9.71. The van der Waals surface area contributed by atoms with Gasteiger partial charge >= 0.3 is 6.03 Å². The number of fused-ring (bicyclic) bond motifs is 1. The molecule has 0 spiro atoms. The highest BCUT2D eigenvalue weighted by Gasteiger charge is 2.35. The minimum atomic E-state index is 0.00615. The second kappa shape index (κ2) is 8.09. The van der Waals surface area contributed by atoms with E-state index in [1.165, 1.54) is 0 Å². The molecular weight excluding hydrogens is 322 g/mol. The summed E-state index contributed by atoms with van der Waals surface area (Å²) < 4.78 is 0. The minimum Gasteiger partial charge on any atom is -0.321 e. The molecule has 3 rings (SSSR count). The molecule has 0 unspecified atom stereocenters. The van der Waals surface area contributed by atoms with Crippen molar-refractivity contribution >= 4 is 22.5 Å². The summed E-state index contributed by atoms with van der Waals surface area (Å²) in [6.07, 6.45) is 0. The van der Waals surface area contributed by atoms with Crippen molar-refractivity contribution in [1.29, 1.82) is 0 Å². The van der Waals surface area contributed by atoms with Crippen molar-refractivity contribution in [1.82, 2.24) is 9.80 Å². The number of hydrogen-bond acceptors (Lipinski definition) is 2. The zero-order valence-corrected chi connectivity index (χ0v) is 16.4. The molecule has 4 nitrogen and oxygen atoms in total. The van der Waals surface area contributed by atoms with Gasteiger partial charge in [0.25, 0.3) is 0 Å². The van der Waals surface area contributed by atoms with Gasteiger partial charge in [0.1, 0.15) is 0 Å². The van der Waals surface area contributed by atoms with Gasteiger partial charge in [-0.3, -0.25) is 4.90 Å². The fraction of sp³-hybridized carbons (Fsp3) is 0.500. The highest BCUT2D eigenvalue weighted by molar-refractivity contribution is 6.01. The van der Waals surface area contributed by atoms with Crippen LogP contribution in [0.25, 0.3) is 10.8 Å². The van der Waals surface area contributed by atoms with Crippen LogP contribution in [0.4, 0.5) is 10.5 Å². The third-order valence-corrected chi connectivity index (χ3v) is 4.90. The van der Waals surface area contributed by atoms with Gasteiger partial charge in [0.2, 0.25) is 0 Å². The third-order valence-electron chi connectivity index (χ3n) is 4.90. The summed E-state index contributed by atoms with van der Waals surface area (Å²) in [4.78, 5) is 17.1. The van der Waals surface area contributed by atoms with Crippen molar-refractivity contribution in [2.75, 3.05) is 31.5 Å². The summed E-state index contributed by atoms with van der Waals surface area (Å²) in [5.74, 6) is 1.29. The molecule has 0 bridgehead atoms. The standard InChI is InChI=1S/C22H31N3O/c1-16(2)12-24(13-17(3)4)19-14-25(15-19)22(26)23-21-11-7-9-18-8-5-6-10-20(18)21/h5-11,16-17,19H,12-15H2,1-4H3,(H,23,26). The van der Waals surface area contributed by atoms with Crippen molar-refractivity contribution in [3.05, 3.63) is 42.5 Å². The van der Waals surface area contributed by atoms with Gasteiger partial charge in [0.05, 0.1) is 5.69 Å². The smallest absolute Gasteiger partial charge is 0.321 e. The Morgan fingerprint density at radius 2 is 1.65 bits per heavy atom. The number of likely N-dealkylation sites (tertiary alicyclic amines) is 1. The van der Waals surface area contributed by atoms with E-state index < -0.39 is 0 Å². The van der Waals surface area contributed by atoms with Crippen LogP contribution in [0.2, 0.25) is 0 Å². The summed E-state index contributed by atoms with van der Waals surface area (Å²) >= 11 is 0. The molecule has 0 saturated carbocycles. The van der Waals surface area contributed by atoms with Crippen molar-refractivity contribution in [3.63, 3.8) is 0 Å². The Balaban J connectivity index is 1.60. The van der Waals surface area contributed by atoms with E-state index >= 15 is 0 Å². The van der Waals surface area contributed by atoms with Crippen molar-refractivity contribution in [3.8, 4) is 0 Å². The van der Waals surface area contributed by atoms with Gasteiger partial charge in [-0.1, -0.05) is 64.1 Å². The molecule has 1 aliphatic heterocycles. The van der Waals surface area contributed by atoms with E-state index in [0.29, 0.717) is 17.9 Å². The van der Waals surface area contributed by atoms with Crippen LogP contribution < -0.4 is 5.32 Å². The number of carbonyl (C=O) groups is 1. The van der Waals surface area contributed by atoms with E-state index in [1.54, 1.807) is 0 Å². The van der Waals surface area contributed by atoms with Crippen LogP contribution in [0.3, 0.4) is 0 Å². The van der Waals surface area contributed by atoms with Crippen LogP contribution in [0.15, 0.2) is 42.5 Å². The lowest BCUT2D eigenvalue weighted by molar-refractivity contribution is 0.0464. The molecule has 4 heteroatoms. The van der Waals surface area contributed by atoms with E-state index in [2.05, 4.69) is 56.1 Å². The van der Waals surface area contributed by atoms with E-state index in [9.17, 15) is 4.79 Å². The molecule has 140 valence electrons. The molecule has 1 saturated heterocycles. The number of urea groups is 1. The Morgan fingerprint density at radius 1 is 1.04 bits per heavy atom. The van der Waals surface area contributed by atoms with Gasteiger partial charge in [0, 0.05) is 37.6 Å². The summed E-state index contributed by atoms with van der Waals surface area (Å²) in [5.41, 5.74) is 0.887. The number of benzene rings is 2. The molecular formula is C22H31N3O. The molecule has 0 aromatic heterocycles. The summed E-state index contributed by atoms with van der Waals surface area (Å²) in [6, 6.07) is 14.7. The molecule has 1 N–H and O–H groups in total. The van der Waals surface area contributed by atoms with E-state index in [-0.39, 0.29) is 6.03 Å². The predicted octanol–water partition coefficient (Wildman–Crippen LogP) is 4.67. The molecule has 2 aromatic carbocycles. The first kappa shape index (κ1) is 18.7. The Bertz CT molecular complexity index is 735. The van der Waals surface area contributed by atoms with E-state index in [0.717, 1.165) is 42.6 Å². The van der Waals surface area contributed by atoms with Gasteiger partial charge in [-0.05, 0) is 23.3 Å². The van der Waals surface area contributed by atoms with Gasteiger partial charge in [-0.2, -0.15) is 0 Å². The average Bonchev–Trinajstić information content (AvgIpc) is 2.52. The topological polar surface area (TPSA) is 35.6 Å². The zero-order valence-electron chi connectivity index (χ0n) is 16.4. The molecule has 26 heavy (non-hydrogen) atoms. The van der Waals surface area contributed by atoms with Crippen LogP contribution in [0, 0.1) is 11.8 Å². The maximum Gasteiger partial charge on any atom is 0.321 e. The fourth-order valence-corrected chi connectivity index (χ4v) is 3.69. The largest absolute Gasteiger partial charge is 0.321 e. The van der Waals surface area contributed by atoms with E-state index in [1.807, 2.05) is 29.2 Å². The number of hydrogen-bond donors (Lipinski definition) is 1. The molecule has 1 heterocycles. The number of rotatable bonds is 6. The summed E-state index contributed by atoms with van der Waals surface area (Å²) in [6.45, 7) is 12.9. The third kappa shape index (κ3) is 4.36. The van der Waals surface area contributed by atoms with Crippen LogP contribution in [-0.4, -0.2) is 48.1 Å². The number of carbonyl (C=O) groups excluding carboxylic acids is 1. The van der Waals surface area contributed by atoms with Crippen molar-refractivity contribution < 1.29 is 4.79 Å². The van der Waals surface area contributed by atoms with Crippen molar-refractivity contribution in [2.24, 2.45) is 11.8 Å². The Kier molecular flexibility index (Phi) is 5.82. The van der Waals surface area contributed by atoms with Gasteiger partial charge in [0.15, 0.2) is 0 Å². The first-order valence-corrected chi connectivity index (χ1v) is 9.71. The lowest BCUT2D eigenvalue weighted by atomic mass is 10.0. The minimum absolute atomic E-state index is 0.00615. The number of amides is 2. The Labute approximate surface area is 157 Å². The second-order valence-electron chi connectivity index (χ2n) is 8.26. The highest BCUT2D eigenvalue weighted by atomic mass is 16.2. The highest BCUT2D eigenvalue weighted by Crippen LogP contribution is 2.25. The lowest BCUT2D eigenvalue weighted by Crippen LogP contribution is -2.62. The molecule has 0 radical (unpaired) electrons. The SMILES string of the molecule is CC(C)CN(CC(C)C)C1CN(C(=O)Nc2cccc3ccccc23)C1. The maximum absolute atomic E-state index is 12.6.